The molecule has 1 aliphatic heterocycles. The van der Waals surface area contributed by atoms with Crippen LogP contribution in [0.2, 0.25) is 0 Å². The van der Waals surface area contributed by atoms with Crippen LogP contribution >= 0.6 is 0 Å². The lowest BCUT2D eigenvalue weighted by atomic mass is 9.93. The quantitative estimate of drug-likeness (QED) is 0.670. The van der Waals surface area contributed by atoms with Crippen LogP contribution in [0.3, 0.4) is 0 Å². The fourth-order valence-corrected chi connectivity index (χ4v) is 2.26. The molecule has 0 aliphatic carbocycles. The third-order valence-electron chi connectivity index (χ3n) is 3.14. The number of aliphatic carboxylic acids is 1. The maximum Gasteiger partial charge on any atom is 0.377 e. The van der Waals surface area contributed by atoms with Crippen LogP contribution in [0.5, 0.6) is 5.75 Å². The summed E-state index contributed by atoms with van der Waals surface area (Å²) in [4.78, 5) is 22.8. The van der Waals surface area contributed by atoms with Gasteiger partial charge in [0, 0.05) is 11.1 Å². The molecular formula is C16H10O4. The van der Waals surface area contributed by atoms with Crippen molar-refractivity contribution in [3.8, 4) is 16.9 Å². The van der Waals surface area contributed by atoms with E-state index in [0.29, 0.717) is 11.3 Å². The average Bonchev–Trinajstić information content (AvgIpc) is 2.65. The molecule has 0 bridgehead atoms. The largest absolute Gasteiger partial charge is 0.475 e. The summed E-state index contributed by atoms with van der Waals surface area (Å²) in [7, 11) is 0. The predicted octanol–water partition coefficient (Wildman–Crippen LogP) is 2.98. The van der Waals surface area contributed by atoms with E-state index in [9.17, 15) is 9.59 Å². The second kappa shape index (κ2) is 4.66. The number of ether oxygens (including phenoxy) is 1. The van der Waals surface area contributed by atoms with E-state index < -0.39 is 11.8 Å². The van der Waals surface area contributed by atoms with Crippen LogP contribution in [-0.4, -0.2) is 16.9 Å². The van der Waals surface area contributed by atoms with Gasteiger partial charge in [-0.25, -0.2) is 4.79 Å². The van der Waals surface area contributed by atoms with Crippen molar-refractivity contribution in [1.29, 1.82) is 0 Å². The first-order valence-electron chi connectivity index (χ1n) is 6.02. The Morgan fingerprint density at radius 1 is 1.00 bits per heavy atom. The fourth-order valence-electron chi connectivity index (χ4n) is 2.26. The standard InChI is InChI=1S/C16H10O4/c17-15(16(18)19)12-6-3-7-13-14(12)11-5-2-1-4-10(11)8-9-20-13/h1-9H,(H,18,19). The first kappa shape index (κ1) is 12.2. The van der Waals surface area contributed by atoms with Crippen LogP contribution in [0.1, 0.15) is 15.9 Å². The van der Waals surface area contributed by atoms with Crippen molar-refractivity contribution in [2.45, 2.75) is 0 Å². The zero-order valence-corrected chi connectivity index (χ0v) is 10.4. The molecule has 1 N–H and O–H groups in total. The molecule has 2 aromatic rings. The molecule has 1 aliphatic rings. The maximum absolute atomic E-state index is 11.9. The van der Waals surface area contributed by atoms with Crippen LogP contribution in [0.25, 0.3) is 17.2 Å². The van der Waals surface area contributed by atoms with E-state index in [0.717, 1.165) is 11.1 Å². The number of benzene rings is 2. The lowest BCUT2D eigenvalue weighted by Crippen LogP contribution is -2.14. The lowest BCUT2D eigenvalue weighted by Gasteiger charge is -2.12. The topological polar surface area (TPSA) is 63.6 Å². The zero-order valence-electron chi connectivity index (χ0n) is 10.4. The number of ketones is 1. The van der Waals surface area contributed by atoms with E-state index in [-0.39, 0.29) is 5.56 Å². The Morgan fingerprint density at radius 3 is 2.60 bits per heavy atom. The van der Waals surface area contributed by atoms with Crippen molar-refractivity contribution in [3.05, 3.63) is 59.9 Å². The lowest BCUT2D eigenvalue weighted by molar-refractivity contribution is -0.131. The minimum Gasteiger partial charge on any atom is -0.475 e. The van der Waals surface area contributed by atoms with Crippen LogP contribution < -0.4 is 4.74 Å². The Hall–Kier alpha value is -2.88. The van der Waals surface area contributed by atoms with Crippen LogP contribution in [-0.2, 0) is 4.79 Å². The fraction of sp³-hybridized carbons (Fsp3) is 0. The summed E-state index contributed by atoms with van der Waals surface area (Å²) < 4.78 is 5.48. The van der Waals surface area contributed by atoms with Crippen LogP contribution in [0.15, 0.2) is 48.7 Å². The Bertz CT molecular complexity index is 744. The molecule has 0 atom stereocenters. The van der Waals surface area contributed by atoms with Crippen LogP contribution in [0, 0.1) is 0 Å². The average molecular weight is 266 g/mol. The molecule has 2 aromatic carbocycles. The molecule has 1 heterocycles. The van der Waals surface area contributed by atoms with Gasteiger partial charge in [0.2, 0.25) is 0 Å². The monoisotopic (exact) mass is 266 g/mol. The molecule has 0 saturated carbocycles. The summed E-state index contributed by atoms with van der Waals surface area (Å²) in [5.74, 6) is -1.95. The zero-order chi connectivity index (χ0) is 14.1. The number of hydrogen-bond acceptors (Lipinski definition) is 3. The van der Waals surface area contributed by atoms with Gasteiger partial charge >= 0.3 is 5.97 Å². The van der Waals surface area contributed by atoms with E-state index in [1.165, 1.54) is 12.3 Å². The van der Waals surface area contributed by atoms with Crippen molar-refractivity contribution < 1.29 is 19.4 Å². The number of fused-ring (bicyclic) bond motifs is 3. The second-order valence-electron chi connectivity index (χ2n) is 4.32. The van der Waals surface area contributed by atoms with E-state index in [4.69, 9.17) is 9.84 Å². The van der Waals surface area contributed by atoms with Crippen molar-refractivity contribution in [1.82, 2.24) is 0 Å². The summed E-state index contributed by atoms with van der Waals surface area (Å²) in [5.41, 5.74) is 2.30. The predicted molar refractivity (Wildman–Crippen MR) is 73.5 cm³/mol. The normalized spacial score (nSPS) is 11.8. The molecule has 98 valence electrons. The summed E-state index contributed by atoms with van der Waals surface area (Å²) in [6.45, 7) is 0. The molecule has 0 radical (unpaired) electrons. The highest BCUT2D eigenvalue weighted by atomic mass is 16.5. The van der Waals surface area contributed by atoms with Gasteiger partial charge in [0.25, 0.3) is 5.78 Å². The van der Waals surface area contributed by atoms with E-state index in [1.54, 1.807) is 18.2 Å². The number of carbonyl (C=O) groups is 2. The van der Waals surface area contributed by atoms with Gasteiger partial charge in [-0.05, 0) is 29.3 Å². The maximum atomic E-state index is 11.9. The number of Topliss-reactive ketones (excluding diaryl/α,β-unsaturated/α-hetero) is 1. The van der Waals surface area contributed by atoms with Gasteiger partial charge in [0.05, 0.1) is 6.26 Å². The van der Waals surface area contributed by atoms with E-state index in [2.05, 4.69) is 0 Å². The Kier molecular flexibility index (Phi) is 2.84. The van der Waals surface area contributed by atoms with Gasteiger partial charge in [0.15, 0.2) is 0 Å². The minimum absolute atomic E-state index is 0.131. The molecule has 0 fully saturated rings. The number of rotatable bonds is 2. The molecule has 20 heavy (non-hydrogen) atoms. The Balaban J connectivity index is 2.32. The van der Waals surface area contributed by atoms with Crippen LogP contribution in [0.4, 0.5) is 0 Å². The first-order valence-corrected chi connectivity index (χ1v) is 6.02. The molecular weight excluding hydrogens is 256 g/mol. The SMILES string of the molecule is O=C(O)C(=O)c1cccc2c1-c1ccccc1C=CO2. The number of carbonyl (C=O) groups excluding carboxylic acids is 1. The minimum atomic E-state index is -1.48. The number of carboxylic acid groups (broad SMARTS) is 1. The Morgan fingerprint density at radius 2 is 1.80 bits per heavy atom. The van der Waals surface area contributed by atoms with Crippen molar-refractivity contribution in [2.24, 2.45) is 0 Å². The molecule has 0 aromatic heterocycles. The van der Waals surface area contributed by atoms with E-state index >= 15 is 0 Å². The van der Waals surface area contributed by atoms with Gasteiger partial charge < -0.3 is 9.84 Å². The summed E-state index contributed by atoms with van der Waals surface area (Å²) >= 11 is 0. The summed E-state index contributed by atoms with van der Waals surface area (Å²) in [5, 5.41) is 8.95. The van der Waals surface area contributed by atoms with Gasteiger partial charge in [-0.15, -0.1) is 0 Å². The molecule has 3 rings (SSSR count). The highest BCUT2D eigenvalue weighted by Gasteiger charge is 2.24. The molecule has 0 amide bonds. The molecule has 4 heteroatoms. The van der Waals surface area contributed by atoms with Crippen molar-refractivity contribution >= 4 is 17.8 Å². The van der Waals surface area contributed by atoms with Crippen molar-refractivity contribution in [3.63, 3.8) is 0 Å². The number of carboxylic acids is 1. The van der Waals surface area contributed by atoms with Gasteiger partial charge in [0.1, 0.15) is 5.75 Å². The molecule has 0 unspecified atom stereocenters. The third-order valence-corrected chi connectivity index (χ3v) is 3.14. The molecule has 0 saturated heterocycles. The number of hydrogen-bond donors (Lipinski definition) is 1. The highest BCUT2D eigenvalue weighted by Crippen LogP contribution is 2.38. The molecule has 4 nitrogen and oxygen atoms in total. The second-order valence-corrected chi connectivity index (χ2v) is 4.32. The smallest absolute Gasteiger partial charge is 0.377 e. The Labute approximate surface area is 114 Å². The highest BCUT2D eigenvalue weighted by molar-refractivity contribution is 6.41. The molecule has 0 spiro atoms. The van der Waals surface area contributed by atoms with Gasteiger partial charge in [-0.1, -0.05) is 30.3 Å². The van der Waals surface area contributed by atoms with E-state index in [1.807, 2.05) is 24.3 Å². The summed E-state index contributed by atoms with van der Waals surface area (Å²) in [6, 6.07) is 12.2. The van der Waals surface area contributed by atoms with Gasteiger partial charge in [-0.3, -0.25) is 4.79 Å². The van der Waals surface area contributed by atoms with Gasteiger partial charge in [-0.2, -0.15) is 0 Å². The first-order chi connectivity index (χ1) is 9.68. The third kappa shape index (κ3) is 1.87. The summed E-state index contributed by atoms with van der Waals surface area (Å²) in [6.07, 6.45) is 3.31. The van der Waals surface area contributed by atoms with Crippen molar-refractivity contribution in [2.75, 3.05) is 0 Å².